The molecule has 2 atom stereocenters. The van der Waals surface area contributed by atoms with Crippen molar-refractivity contribution >= 4 is 64.8 Å². The molecule has 2 aliphatic rings. The van der Waals surface area contributed by atoms with E-state index in [0.29, 0.717) is 0 Å². The summed E-state index contributed by atoms with van der Waals surface area (Å²) < 4.78 is 4.97. The third kappa shape index (κ3) is 4.43. The second-order valence-corrected chi connectivity index (χ2v) is 12.1. The van der Waals surface area contributed by atoms with Crippen molar-refractivity contribution in [3.63, 3.8) is 0 Å². The Hall–Kier alpha value is -5.52. The number of thiophene rings is 1. The Labute approximate surface area is 265 Å². The van der Waals surface area contributed by atoms with Crippen molar-refractivity contribution in [2.24, 2.45) is 4.99 Å². The summed E-state index contributed by atoms with van der Waals surface area (Å²) in [5, 5.41) is 3.82. The van der Waals surface area contributed by atoms with Crippen LogP contribution in [-0.4, -0.2) is 21.3 Å². The second-order valence-electron chi connectivity index (χ2n) is 11.1. The van der Waals surface area contributed by atoms with Gasteiger partial charge in [0.05, 0.1) is 28.3 Å². The maximum Gasteiger partial charge on any atom is 0.148 e. The van der Waals surface area contributed by atoms with Gasteiger partial charge in [-0.3, -0.25) is 9.98 Å². The first kappa shape index (κ1) is 27.1. The number of hydrogen-bond donors (Lipinski definition) is 0. The van der Waals surface area contributed by atoms with Crippen molar-refractivity contribution < 1.29 is 0 Å². The first-order valence-electron chi connectivity index (χ1n) is 15.1. The van der Waals surface area contributed by atoms with Crippen LogP contribution in [0, 0.1) is 0 Å². The first-order chi connectivity index (χ1) is 22.3. The third-order valence-corrected chi connectivity index (χ3v) is 9.69. The van der Waals surface area contributed by atoms with Gasteiger partial charge in [0, 0.05) is 43.1 Å². The molecule has 9 rings (SSSR count). The van der Waals surface area contributed by atoms with Crippen molar-refractivity contribution in [2.75, 3.05) is 4.90 Å². The molecule has 0 fully saturated rings. The lowest BCUT2D eigenvalue weighted by atomic mass is 10.0. The number of allylic oxidation sites excluding steroid dienone is 4. The van der Waals surface area contributed by atoms with Crippen LogP contribution < -0.4 is 4.90 Å². The Morgan fingerprint density at radius 1 is 0.733 bits per heavy atom. The van der Waals surface area contributed by atoms with E-state index in [0.717, 1.165) is 28.1 Å². The predicted octanol–water partition coefficient (Wildman–Crippen LogP) is 10.4. The minimum atomic E-state index is -0.0863. The van der Waals surface area contributed by atoms with Crippen molar-refractivity contribution in [2.45, 2.75) is 12.2 Å². The topological polar surface area (TPSA) is 33.4 Å². The smallest absolute Gasteiger partial charge is 0.148 e. The molecule has 216 valence electrons. The Kier molecular flexibility index (Phi) is 6.73. The standard InChI is InChI=1S/C36H24N4S.C4H6/c1-2-10-23(11-3-1)36-38-28-15-5-6-16-29(28)40(36)25-13-8-12-24(22-25)39-30-20-19-27-26-14-4-7-18-32(26)41-35(27)33(30)34-31(39)17-9-21-37-34;1-3-4-2/h1-22,29,36H;3-4H,1-2H2. The summed E-state index contributed by atoms with van der Waals surface area (Å²) in [7, 11) is 0. The van der Waals surface area contributed by atoms with Crippen molar-refractivity contribution in [3.05, 3.63) is 165 Å². The van der Waals surface area contributed by atoms with E-state index in [2.05, 4.69) is 144 Å². The summed E-state index contributed by atoms with van der Waals surface area (Å²) in [6, 6.07) is 37.0. The van der Waals surface area contributed by atoms with Crippen LogP contribution in [0.4, 0.5) is 5.69 Å². The van der Waals surface area contributed by atoms with E-state index in [1.54, 1.807) is 12.2 Å². The number of aliphatic imine (C=N–C) groups is 1. The van der Waals surface area contributed by atoms with Crippen LogP contribution in [-0.2, 0) is 0 Å². The van der Waals surface area contributed by atoms with Crippen LogP contribution in [0.25, 0.3) is 47.8 Å². The first-order valence-corrected chi connectivity index (χ1v) is 15.9. The van der Waals surface area contributed by atoms with E-state index in [1.165, 1.54) is 36.6 Å². The lowest BCUT2D eigenvalue weighted by Crippen LogP contribution is -2.35. The summed E-state index contributed by atoms with van der Waals surface area (Å²) in [5.74, 6) is 0. The van der Waals surface area contributed by atoms with Gasteiger partial charge in [0.1, 0.15) is 6.17 Å². The number of aromatic nitrogens is 2. The highest BCUT2D eigenvalue weighted by Crippen LogP contribution is 2.43. The number of fused-ring (bicyclic) bond motifs is 8. The Bertz CT molecular complexity index is 2330. The highest BCUT2D eigenvalue weighted by Gasteiger charge is 2.35. The molecular formula is C40H30N4S. The minimum absolute atomic E-state index is 0.0863. The van der Waals surface area contributed by atoms with Crippen LogP contribution in [0.15, 0.2) is 164 Å². The van der Waals surface area contributed by atoms with Gasteiger partial charge in [-0.2, -0.15) is 0 Å². The van der Waals surface area contributed by atoms with Gasteiger partial charge < -0.3 is 9.47 Å². The monoisotopic (exact) mass is 598 g/mol. The molecule has 4 heterocycles. The number of benzene rings is 4. The number of hydrogen-bond acceptors (Lipinski definition) is 4. The van der Waals surface area contributed by atoms with Crippen LogP contribution >= 0.6 is 11.3 Å². The highest BCUT2D eigenvalue weighted by atomic mass is 32.1. The zero-order valence-electron chi connectivity index (χ0n) is 24.6. The average molecular weight is 599 g/mol. The number of pyridine rings is 1. The lowest BCUT2D eigenvalue weighted by Gasteiger charge is -2.31. The average Bonchev–Trinajstić information content (AvgIpc) is 3.78. The van der Waals surface area contributed by atoms with E-state index in [4.69, 9.17) is 9.98 Å². The minimum Gasteiger partial charge on any atom is -0.334 e. The van der Waals surface area contributed by atoms with Gasteiger partial charge in [-0.25, -0.2) is 0 Å². The van der Waals surface area contributed by atoms with Gasteiger partial charge in [-0.15, -0.1) is 11.3 Å². The maximum absolute atomic E-state index is 5.17. The van der Waals surface area contributed by atoms with Gasteiger partial charge in [0.15, 0.2) is 0 Å². The normalized spacial score (nSPS) is 17.0. The summed E-state index contributed by atoms with van der Waals surface area (Å²) in [6.45, 7) is 6.72. The molecule has 0 bridgehead atoms. The Morgan fingerprint density at radius 2 is 1.56 bits per heavy atom. The largest absolute Gasteiger partial charge is 0.334 e. The van der Waals surface area contributed by atoms with E-state index in [-0.39, 0.29) is 12.2 Å². The van der Waals surface area contributed by atoms with E-state index < -0.39 is 0 Å². The zero-order valence-corrected chi connectivity index (χ0v) is 25.4. The summed E-state index contributed by atoms with van der Waals surface area (Å²) in [6.07, 6.45) is 13.7. The molecule has 0 spiro atoms. The molecule has 0 saturated carbocycles. The van der Waals surface area contributed by atoms with Gasteiger partial charge in [0.2, 0.25) is 0 Å². The van der Waals surface area contributed by atoms with Gasteiger partial charge in [0.25, 0.3) is 0 Å². The fourth-order valence-corrected chi connectivity index (χ4v) is 7.80. The number of nitrogens with zero attached hydrogens (tertiary/aromatic N) is 4. The van der Waals surface area contributed by atoms with Crippen molar-refractivity contribution in [3.8, 4) is 5.69 Å². The predicted molar refractivity (Wildman–Crippen MR) is 193 cm³/mol. The molecule has 4 nitrogen and oxygen atoms in total. The molecule has 2 unspecified atom stereocenters. The van der Waals surface area contributed by atoms with Crippen molar-refractivity contribution in [1.82, 2.24) is 9.55 Å². The third-order valence-electron chi connectivity index (χ3n) is 8.49. The molecule has 0 saturated heterocycles. The number of anilines is 1. The molecule has 0 radical (unpaired) electrons. The maximum atomic E-state index is 5.17. The van der Waals surface area contributed by atoms with E-state index in [9.17, 15) is 0 Å². The molecule has 1 aliphatic heterocycles. The lowest BCUT2D eigenvalue weighted by molar-refractivity contribution is 0.696. The molecular weight excluding hydrogens is 569 g/mol. The molecule has 3 aromatic heterocycles. The molecule has 45 heavy (non-hydrogen) atoms. The summed E-state index contributed by atoms with van der Waals surface area (Å²) in [4.78, 5) is 12.5. The fourth-order valence-electron chi connectivity index (χ4n) is 6.56. The van der Waals surface area contributed by atoms with Gasteiger partial charge in [-0.05, 0) is 54.1 Å². The van der Waals surface area contributed by atoms with E-state index in [1.807, 2.05) is 23.6 Å². The highest BCUT2D eigenvalue weighted by molar-refractivity contribution is 7.26. The molecule has 0 amide bonds. The van der Waals surface area contributed by atoms with Crippen LogP contribution in [0.1, 0.15) is 11.7 Å². The summed E-state index contributed by atoms with van der Waals surface area (Å²) >= 11 is 1.86. The summed E-state index contributed by atoms with van der Waals surface area (Å²) in [5.41, 5.74) is 7.87. The van der Waals surface area contributed by atoms with Crippen molar-refractivity contribution in [1.29, 1.82) is 0 Å². The van der Waals surface area contributed by atoms with Gasteiger partial charge in [-0.1, -0.05) is 104 Å². The number of rotatable bonds is 4. The molecule has 0 N–H and O–H groups in total. The quantitative estimate of drug-likeness (QED) is 0.189. The molecule has 4 aromatic carbocycles. The van der Waals surface area contributed by atoms with Crippen LogP contribution in [0.5, 0.6) is 0 Å². The molecule has 1 aliphatic carbocycles. The molecule has 5 heteroatoms. The van der Waals surface area contributed by atoms with Crippen LogP contribution in [0.3, 0.4) is 0 Å². The molecule has 7 aromatic rings. The van der Waals surface area contributed by atoms with E-state index >= 15 is 0 Å². The van der Waals surface area contributed by atoms with Gasteiger partial charge >= 0.3 is 0 Å². The fraction of sp³-hybridized carbons (Fsp3) is 0.0500. The Morgan fingerprint density at radius 3 is 2.42 bits per heavy atom. The second kappa shape index (κ2) is 11.2. The zero-order chi connectivity index (χ0) is 30.3. The van der Waals surface area contributed by atoms with Crippen LogP contribution in [0.2, 0.25) is 0 Å². The SMILES string of the molecule is C1=CC2=NC(c3ccccc3)N(c3cccc(-n4c5cccnc5c5c6sc7ccccc7c6ccc54)c3)C2C=C1.C=CC=C. The Balaban J connectivity index is 0.000000712.